The first-order valence-corrected chi connectivity index (χ1v) is 7.53. The molecule has 24 heavy (non-hydrogen) atoms. The van der Waals surface area contributed by atoms with Crippen molar-refractivity contribution in [3.63, 3.8) is 0 Å². The number of benzene rings is 2. The van der Waals surface area contributed by atoms with Gasteiger partial charge in [0.25, 0.3) is 0 Å². The lowest BCUT2D eigenvalue weighted by Crippen LogP contribution is -2.06. The maximum Gasteiger partial charge on any atom is 0.310 e. The molecule has 0 spiro atoms. The summed E-state index contributed by atoms with van der Waals surface area (Å²) in [6.07, 6.45) is 1.81. The van der Waals surface area contributed by atoms with Gasteiger partial charge in [0.15, 0.2) is 5.76 Å². The van der Waals surface area contributed by atoms with Gasteiger partial charge in [-0.2, -0.15) is 0 Å². The SMILES string of the molecule is CCC(=O)Oc1cc(C)c2c(c1)O/C(=C\c1ccc(F)cc1)C2=O. The first kappa shape index (κ1) is 15.9. The van der Waals surface area contributed by atoms with Crippen LogP contribution in [0.25, 0.3) is 6.08 Å². The molecule has 0 bridgehead atoms. The number of aryl methyl sites for hydroxylation is 1. The number of halogens is 1. The number of carbonyl (C=O) groups is 2. The molecule has 0 N–H and O–H groups in total. The van der Waals surface area contributed by atoms with E-state index in [1.54, 1.807) is 38.1 Å². The van der Waals surface area contributed by atoms with Crippen LogP contribution in [0.4, 0.5) is 4.39 Å². The van der Waals surface area contributed by atoms with Crippen LogP contribution in [-0.4, -0.2) is 11.8 Å². The van der Waals surface area contributed by atoms with E-state index in [-0.39, 0.29) is 29.7 Å². The molecule has 1 heterocycles. The summed E-state index contributed by atoms with van der Waals surface area (Å²) in [6, 6.07) is 8.90. The molecular weight excluding hydrogens is 311 g/mol. The van der Waals surface area contributed by atoms with Gasteiger partial charge in [-0.15, -0.1) is 0 Å². The first-order valence-electron chi connectivity index (χ1n) is 7.53. The Bertz CT molecular complexity index is 850. The van der Waals surface area contributed by atoms with Crippen LogP contribution in [0.1, 0.15) is 34.8 Å². The summed E-state index contributed by atoms with van der Waals surface area (Å²) in [6.45, 7) is 3.45. The van der Waals surface area contributed by atoms with Crippen LogP contribution in [0.3, 0.4) is 0 Å². The van der Waals surface area contributed by atoms with Gasteiger partial charge in [-0.25, -0.2) is 4.39 Å². The molecule has 122 valence electrons. The predicted molar refractivity (Wildman–Crippen MR) is 86.4 cm³/mol. The fraction of sp³-hybridized carbons (Fsp3) is 0.158. The molecule has 0 saturated carbocycles. The number of hydrogen-bond donors (Lipinski definition) is 0. The molecule has 1 aliphatic heterocycles. The second-order valence-electron chi connectivity index (χ2n) is 5.43. The summed E-state index contributed by atoms with van der Waals surface area (Å²) in [7, 11) is 0. The number of fused-ring (bicyclic) bond motifs is 1. The van der Waals surface area contributed by atoms with Gasteiger partial charge in [0.1, 0.15) is 17.3 Å². The van der Waals surface area contributed by atoms with Gasteiger partial charge in [0.05, 0.1) is 5.56 Å². The van der Waals surface area contributed by atoms with Crippen molar-refractivity contribution in [2.24, 2.45) is 0 Å². The van der Waals surface area contributed by atoms with Crippen molar-refractivity contribution in [3.8, 4) is 11.5 Å². The number of carbonyl (C=O) groups excluding carboxylic acids is 2. The number of esters is 1. The van der Waals surface area contributed by atoms with Gasteiger partial charge < -0.3 is 9.47 Å². The lowest BCUT2D eigenvalue weighted by atomic mass is 10.0. The van der Waals surface area contributed by atoms with Crippen molar-refractivity contribution in [1.82, 2.24) is 0 Å². The second kappa shape index (κ2) is 6.28. The summed E-state index contributed by atoms with van der Waals surface area (Å²) in [4.78, 5) is 23.9. The van der Waals surface area contributed by atoms with Crippen molar-refractivity contribution in [1.29, 1.82) is 0 Å². The average molecular weight is 326 g/mol. The van der Waals surface area contributed by atoms with Crippen molar-refractivity contribution < 1.29 is 23.5 Å². The van der Waals surface area contributed by atoms with Crippen LogP contribution in [0.15, 0.2) is 42.2 Å². The molecule has 0 fully saturated rings. The maximum absolute atomic E-state index is 13.0. The fourth-order valence-electron chi connectivity index (χ4n) is 2.45. The van der Waals surface area contributed by atoms with Crippen LogP contribution in [0.2, 0.25) is 0 Å². The van der Waals surface area contributed by atoms with Crippen molar-refractivity contribution in [2.45, 2.75) is 20.3 Å². The van der Waals surface area contributed by atoms with Crippen LogP contribution in [0.5, 0.6) is 11.5 Å². The molecular formula is C19H15FO4. The van der Waals surface area contributed by atoms with E-state index in [9.17, 15) is 14.0 Å². The standard InChI is InChI=1S/C19H15FO4/c1-3-17(21)23-14-8-11(2)18-15(10-14)24-16(19(18)22)9-12-4-6-13(20)7-5-12/h4-10H,3H2,1-2H3/b16-9-. The Kier molecular flexibility index (Phi) is 4.16. The van der Waals surface area contributed by atoms with Gasteiger partial charge in [-0.1, -0.05) is 19.1 Å². The minimum atomic E-state index is -0.360. The molecule has 2 aromatic carbocycles. The van der Waals surface area contributed by atoms with Crippen LogP contribution in [0, 0.1) is 12.7 Å². The molecule has 3 rings (SSSR count). The number of allylic oxidation sites excluding steroid dienone is 1. The molecule has 5 heteroatoms. The number of hydrogen-bond acceptors (Lipinski definition) is 4. The highest BCUT2D eigenvalue weighted by atomic mass is 19.1. The van der Waals surface area contributed by atoms with E-state index in [2.05, 4.69) is 0 Å². The molecule has 0 saturated heterocycles. The first-order chi connectivity index (χ1) is 11.5. The Balaban J connectivity index is 1.93. The fourth-order valence-corrected chi connectivity index (χ4v) is 2.45. The molecule has 0 radical (unpaired) electrons. The van der Waals surface area contributed by atoms with E-state index >= 15 is 0 Å². The zero-order chi connectivity index (χ0) is 17.3. The molecule has 2 aromatic rings. The molecule has 0 amide bonds. The molecule has 0 aromatic heterocycles. The zero-order valence-corrected chi connectivity index (χ0v) is 13.3. The summed E-state index contributed by atoms with van der Waals surface area (Å²) in [5, 5.41) is 0. The molecule has 0 atom stereocenters. The van der Waals surface area contributed by atoms with Gasteiger partial charge in [-0.05, 0) is 42.3 Å². The van der Waals surface area contributed by atoms with Crippen LogP contribution < -0.4 is 9.47 Å². The van der Waals surface area contributed by atoms with E-state index < -0.39 is 0 Å². The number of ketones is 1. The molecule has 1 aliphatic rings. The van der Waals surface area contributed by atoms with Gasteiger partial charge in [-0.3, -0.25) is 9.59 Å². The van der Waals surface area contributed by atoms with Crippen molar-refractivity contribution in [2.75, 3.05) is 0 Å². The minimum Gasteiger partial charge on any atom is -0.452 e. The lowest BCUT2D eigenvalue weighted by Gasteiger charge is -2.06. The van der Waals surface area contributed by atoms with Crippen LogP contribution in [-0.2, 0) is 4.79 Å². The lowest BCUT2D eigenvalue weighted by molar-refractivity contribution is -0.134. The smallest absolute Gasteiger partial charge is 0.310 e. The normalized spacial score (nSPS) is 14.5. The van der Waals surface area contributed by atoms with Gasteiger partial charge in [0, 0.05) is 12.5 Å². The summed E-state index contributed by atoms with van der Waals surface area (Å²) in [5.41, 5.74) is 1.77. The second-order valence-corrected chi connectivity index (χ2v) is 5.43. The van der Waals surface area contributed by atoms with Crippen LogP contribution >= 0.6 is 0 Å². The number of Topliss-reactive ketones (excluding diaryl/α,β-unsaturated/α-hetero) is 1. The van der Waals surface area contributed by atoms with E-state index in [1.807, 2.05) is 0 Å². The molecule has 0 aliphatic carbocycles. The highest BCUT2D eigenvalue weighted by Gasteiger charge is 2.30. The van der Waals surface area contributed by atoms with Crippen molar-refractivity contribution >= 4 is 17.8 Å². The third-order valence-electron chi connectivity index (χ3n) is 3.63. The highest BCUT2D eigenvalue weighted by Crippen LogP contribution is 2.37. The maximum atomic E-state index is 13.0. The largest absolute Gasteiger partial charge is 0.452 e. The monoisotopic (exact) mass is 326 g/mol. The van der Waals surface area contributed by atoms with Gasteiger partial charge in [0.2, 0.25) is 5.78 Å². The minimum absolute atomic E-state index is 0.152. The summed E-state index contributed by atoms with van der Waals surface area (Å²) < 4.78 is 23.8. The Labute approximate surface area is 138 Å². The Hall–Kier alpha value is -2.95. The third kappa shape index (κ3) is 3.06. The van der Waals surface area contributed by atoms with Crippen molar-refractivity contribution in [3.05, 3.63) is 64.7 Å². The summed E-state index contributed by atoms with van der Waals surface area (Å²) in [5.74, 6) is -0.113. The zero-order valence-electron chi connectivity index (χ0n) is 13.3. The molecule has 0 unspecified atom stereocenters. The van der Waals surface area contributed by atoms with Gasteiger partial charge >= 0.3 is 5.97 Å². The van der Waals surface area contributed by atoms with E-state index in [0.717, 1.165) is 0 Å². The molecule has 4 nitrogen and oxygen atoms in total. The number of rotatable bonds is 3. The topological polar surface area (TPSA) is 52.6 Å². The van der Waals surface area contributed by atoms with E-state index in [1.165, 1.54) is 18.2 Å². The quantitative estimate of drug-likeness (QED) is 0.485. The van der Waals surface area contributed by atoms with E-state index in [4.69, 9.17) is 9.47 Å². The van der Waals surface area contributed by atoms with E-state index in [0.29, 0.717) is 28.2 Å². The average Bonchev–Trinajstić information content (AvgIpc) is 2.85. The Morgan fingerprint density at radius 2 is 1.96 bits per heavy atom. The summed E-state index contributed by atoms with van der Waals surface area (Å²) >= 11 is 0. The Morgan fingerprint density at radius 3 is 2.62 bits per heavy atom. The third-order valence-corrected chi connectivity index (χ3v) is 3.63. The Morgan fingerprint density at radius 1 is 1.25 bits per heavy atom. The predicted octanol–water partition coefficient (Wildman–Crippen LogP) is 4.07. The highest BCUT2D eigenvalue weighted by molar-refractivity contribution is 6.15. The number of ether oxygens (including phenoxy) is 2.